The van der Waals surface area contributed by atoms with Gasteiger partial charge in [0.15, 0.2) is 0 Å². The molecule has 2 N–H and O–H groups in total. The van der Waals surface area contributed by atoms with Crippen LogP contribution in [0.2, 0.25) is 5.02 Å². The van der Waals surface area contributed by atoms with Crippen LogP contribution in [-0.2, 0) is 16.1 Å². The minimum absolute atomic E-state index is 0.124. The third-order valence-electron chi connectivity index (χ3n) is 5.97. The number of carbonyl (C=O) groups is 2. The molecule has 0 bridgehead atoms. The summed E-state index contributed by atoms with van der Waals surface area (Å²) in [5.74, 6) is 0.0987. The summed E-state index contributed by atoms with van der Waals surface area (Å²) >= 11 is 7.47. The van der Waals surface area contributed by atoms with Crippen LogP contribution in [0.3, 0.4) is 0 Å². The van der Waals surface area contributed by atoms with Crippen molar-refractivity contribution in [3.05, 3.63) is 64.3 Å². The van der Waals surface area contributed by atoms with Gasteiger partial charge in [0, 0.05) is 41.9 Å². The number of benzene rings is 2. The van der Waals surface area contributed by atoms with Crippen molar-refractivity contribution in [2.75, 3.05) is 32.5 Å². The summed E-state index contributed by atoms with van der Waals surface area (Å²) in [5.41, 5.74) is 7.57. The number of thiophene rings is 1. The summed E-state index contributed by atoms with van der Waals surface area (Å²) < 4.78 is 6.26. The Kier molecular flexibility index (Phi) is 6.07. The Morgan fingerprint density at radius 3 is 2.88 bits per heavy atom. The number of amides is 2. The predicted octanol–water partition coefficient (Wildman–Crippen LogP) is 3.58. The molecule has 174 valence electrons. The van der Waals surface area contributed by atoms with Crippen molar-refractivity contribution in [2.24, 2.45) is 0 Å². The molecule has 4 aromatic rings. The van der Waals surface area contributed by atoms with Crippen molar-refractivity contribution in [1.82, 2.24) is 19.8 Å². The molecule has 0 spiro atoms. The summed E-state index contributed by atoms with van der Waals surface area (Å²) in [6, 6.07) is 12.4. The van der Waals surface area contributed by atoms with E-state index in [0.717, 1.165) is 26.6 Å². The number of piperazine rings is 1. The van der Waals surface area contributed by atoms with Crippen LogP contribution in [0.25, 0.3) is 21.0 Å². The number of fused-ring (bicyclic) bond motifs is 2. The van der Waals surface area contributed by atoms with E-state index in [1.807, 2.05) is 36.4 Å². The van der Waals surface area contributed by atoms with Crippen molar-refractivity contribution >= 4 is 61.6 Å². The maximum Gasteiger partial charge on any atom is 0.264 e. The number of aromatic nitrogens is 2. The predicted molar refractivity (Wildman–Crippen MR) is 133 cm³/mol. The number of methoxy groups -OCH3 is 1. The smallest absolute Gasteiger partial charge is 0.264 e. The zero-order chi connectivity index (χ0) is 23.8. The lowest BCUT2D eigenvalue weighted by molar-refractivity contribution is -0.143. The molecule has 3 heterocycles. The SMILES string of the molecule is COCC1C(=O)N(Cc2ccc3c(N)ncnc3c2)CCN1C(=O)c1cc2ccc(Cl)cc2s1. The second kappa shape index (κ2) is 9.17. The average Bonchev–Trinajstić information content (AvgIpc) is 3.25. The lowest BCUT2D eigenvalue weighted by atomic mass is 10.1. The molecule has 0 saturated carbocycles. The van der Waals surface area contributed by atoms with Crippen molar-refractivity contribution < 1.29 is 14.3 Å². The van der Waals surface area contributed by atoms with E-state index in [4.69, 9.17) is 22.1 Å². The standard InChI is InChI=1S/C24H22ClN5O3S/c1-33-12-19-23(31)29(11-14-2-5-17-18(8-14)27-13-28-22(17)26)6-7-30(19)24(32)21-9-15-3-4-16(25)10-20(15)34-21/h2-5,8-10,13,19H,6-7,11-12H2,1H3,(H2,26,27,28). The van der Waals surface area contributed by atoms with Gasteiger partial charge in [-0.15, -0.1) is 11.3 Å². The maximum absolute atomic E-state index is 13.4. The van der Waals surface area contributed by atoms with Gasteiger partial charge in [-0.25, -0.2) is 9.97 Å². The van der Waals surface area contributed by atoms with Crippen molar-refractivity contribution in [3.8, 4) is 0 Å². The fourth-order valence-corrected chi connectivity index (χ4v) is 5.55. The first-order valence-corrected chi connectivity index (χ1v) is 11.9. The van der Waals surface area contributed by atoms with Crippen LogP contribution >= 0.6 is 22.9 Å². The summed E-state index contributed by atoms with van der Waals surface area (Å²) in [4.78, 5) is 39.0. The van der Waals surface area contributed by atoms with Crippen LogP contribution in [-0.4, -0.2) is 64.4 Å². The molecule has 5 rings (SSSR count). The number of ether oxygens (including phenoxy) is 1. The first kappa shape index (κ1) is 22.5. The lowest BCUT2D eigenvalue weighted by Crippen LogP contribution is -2.59. The van der Waals surface area contributed by atoms with Crippen LogP contribution in [0, 0.1) is 0 Å². The number of halogens is 1. The molecule has 0 aliphatic carbocycles. The fourth-order valence-electron chi connectivity index (χ4n) is 4.25. The van der Waals surface area contributed by atoms with Gasteiger partial charge in [0.25, 0.3) is 5.91 Å². The highest BCUT2D eigenvalue weighted by Gasteiger charge is 2.38. The Morgan fingerprint density at radius 1 is 1.21 bits per heavy atom. The highest BCUT2D eigenvalue weighted by Crippen LogP contribution is 2.30. The van der Waals surface area contributed by atoms with Crippen LogP contribution in [0.1, 0.15) is 15.2 Å². The van der Waals surface area contributed by atoms with E-state index in [0.29, 0.717) is 35.4 Å². The quantitative estimate of drug-likeness (QED) is 0.454. The van der Waals surface area contributed by atoms with E-state index in [-0.39, 0.29) is 18.4 Å². The highest BCUT2D eigenvalue weighted by molar-refractivity contribution is 7.20. The molecule has 0 radical (unpaired) electrons. The van der Waals surface area contributed by atoms with Crippen molar-refractivity contribution in [2.45, 2.75) is 12.6 Å². The molecular weight excluding hydrogens is 474 g/mol. The topological polar surface area (TPSA) is 102 Å². The second-order valence-corrected chi connectivity index (χ2v) is 9.65. The third kappa shape index (κ3) is 4.18. The zero-order valence-corrected chi connectivity index (χ0v) is 20.0. The number of hydrogen-bond acceptors (Lipinski definition) is 7. The first-order valence-electron chi connectivity index (χ1n) is 10.7. The maximum atomic E-state index is 13.4. The molecule has 1 aliphatic heterocycles. The van der Waals surface area contributed by atoms with E-state index in [1.54, 1.807) is 15.9 Å². The number of anilines is 1. The number of rotatable bonds is 5. The second-order valence-electron chi connectivity index (χ2n) is 8.13. The normalized spacial score (nSPS) is 16.5. The van der Waals surface area contributed by atoms with Gasteiger partial charge in [-0.1, -0.05) is 23.7 Å². The Balaban J connectivity index is 1.37. The molecule has 1 aliphatic rings. The van der Waals surface area contributed by atoms with Gasteiger partial charge in [-0.2, -0.15) is 0 Å². The number of nitrogens with zero attached hydrogens (tertiary/aromatic N) is 4. The van der Waals surface area contributed by atoms with E-state index >= 15 is 0 Å². The summed E-state index contributed by atoms with van der Waals surface area (Å²) in [6.07, 6.45) is 1.42. The molecular formula is C24H22ClN5O3S. The van der Waals surface area contributed by atoms with Crippen LogP contribution in [0.4, 0.5) is 5.82 Å². The van der Waals surface area contributed by atoms with E-state index in [9.17, 15) is 9.59 Å². The molecule has 1 saturated heterocycles. The number of hydrogen-bond donors (Lipinski definition) is 1. The van der Waals surface area contributed by atoms with Crippen molar-refractivity contribution in [3.63, 3.8) is 0 Å². The lowest BCUT2D eigenvalue weighted by Gasteiger charge is -2.40. The Labute approximate surface area is 204 Å². The Morgan fingerprint density at radius 2 is 2.06 bits per heavy atom. The minimum Gasteiger partial charge on any atom is -0.383 e. The fraction of sp³-hybridized carbons (Fsp3) is 0.250. The molecule has 8 nitrogen and oxygen atoms in total. The van der Waals surface area contributed by atoms with Crippen molar-refractivity contribution in [1.29, 1.82) is 0 Å². The molecule has 1 fully saturated rings. The van der Waals surface area contributed by atoms with Crippen LogP contribution < -0.4 is 5.73 Å². The molecule has 1 unspecified atom stereocenters. The van der Waals surface area contributed by atoms with Gasteiger partial charge < -0.3 is 20.3 Å². The van der Waals surface area contributed by atoms with Crippen LogP contribution in [0.15, 0.2) is 48.8 Å². The van der Waals surface area contributed by atoms with Gasteiger partial charge >= 0.3 is 0 Å². The largest absolute Gasteiger partial charge is 0.383 e. The molecule has 34 heavy (non-hydrogen) atoms. The molecule has 2 amide bonds. The summed E-state index contributed by atoms with van der Waals surface area (Å²) in [5, 5.41) is 2.35. The van der Waals surface area contributed by atoms with Gasteiger partial charge in [0.05, 0.1) is 17.0 Å². The molecule has 1 atom stereocenters. The van der Waals surface area contributed by atoms with E-state index < -0.39 is 6.04 Å². The molecule has 2 aromatic heterocycles. The number of nitrogens with two attached hydrogens (primary N) is 1. The van der Waals surface area contributed by atoms with Crippen LogP contribution in [0.5, 0.6) is 0 Å². The summed E-state index contributed by atoms with van der Waals surface area (Å²) in [7, 11) is 1.53. The number of carbonyl (C=O) groups excluding carboxylic acids is 2. The van der Waals surface area contributed by atoms with Gasteiger partial charge in [-0.3, -0.25) is 9.59 Å². The van der Waals surface area contributed by atoms with Gasteiger partial charge in [0.2, 0.25) is 5.91 Å². The first-order chi connectivity index (χ1) is 16.4. The van der Waals surface area contributed by atoms with Gasteiger partial charge in [0.1, 0.15) is 18.2 Å². The molecule has 2 aromatic carbocycles. The third-order valence-corrected chi connectivity index (χ3v) is 7.29. The minimum atomic E-state index is -0.696. The zero-order valence-electron chi connectivity index (χ0n) is 18.4. The van der Waals surface area contributed by atoms with E-state index in [2.05, 4.69) is 9.97 Å². The Hall–Kier alpha value is -3.27. The monoisotopic (exact) mass is 495 g/mol. The Bertz CT molecular complexity index is 1410. The highest BCUT2D eigenvalue weighted by atomic mass is 35.5. The van der Waals surface area contributed by atoms with Gasteiger partial charge in [-0.05, 0) is 41.3 Å². The summed E-state index contributed by atoms with van der Waals surface area (Å²) in [6.45, 7) is 1.36. The van der Waals surface area contributed by atoms with E-state index in [1.165, 1.54) is 24.8 Å². The average molecular weight is 496 g/mol. The number of nitrogen functional groups attached to an aromatic ring is 1. The molecule has 10 heteroatoms.